The summed E-state index contributed by atoms with van der Waals surface area (Å²) in [7, 11) is 0. The second-order valence-corrected chi connectivity index (χ2v) is 3.20. The van der Waals surface area contributed by atoms with Crippen LogP contribution in [-0.4, -0.2) is 11.9 Å². The van der Waals surface area contributed by atoms with Gasteiger partial charge < -0.3 is 11.1 Å². The number of rotatable bonds is 2. The lowest BCUT2D eigenvalue weighted by Crippen LogP contribution is -2.35. The van der Waals surface area contributed by atoms with E-state index in [0.717, 1.165) is 12.8 Å². The molecule has 0 saturated heterocycles. The minimum absolute atomic E-state index is 0.121. The molecular weight excluding hydrogens is 152 g/mol. The van der Waals surface area contributed by atoms with Crippen LogP contribution in [0.3, 0.4) is 0 Å². The maximum absolute atomic E-state index is 11.2. The van der Waals surface area contributed by atoms with Crippen LogP contribution in [0.5, 0.6) is 0 Å². The minimum atomic E-state index is -0.121. The van der Waals surface area contributed by atoms with Crippen LogP contribution in [0.2, 0.25) is 0 Å². The number of allylic oxidation sites excluding steroid dienone is 1. The SMILES string of the molecule is CC=C(N)C(=O)NC1CCCC1. The fourth-order valence-electron chi connectivity index (χ4n) is 1.47. The van der Waals surface area contributed by atoms with E-state index in [0.29, 0.717) is 11.7 Å². The van der Waals surface area contributed by atoms with Crippen molar-refractivity contribution in [3.63, 3.8) is 0 Å². The summed E-state index contributed by atoms with van der Waals surface area (Å²) >= 11 is 0. The third-order valence-corrected chi connectivity index (χ3v) is 2.26. The summed E-state index contributed by atoms with van der Waals surface area (Å²) in [4.78, 5) is 11.2. The average Bonchev–Trinajstić information content (AvgIpc) is 2.55. The molecule has 0 atom stereocenters. The molecule has 68 valence electrons. The molecule has 1 saturated carbocycles. The first kappa shape index (κ1) is 9.10. The van der Waals surface area contributed by atoms with E-state index in [9.17, 15) is 4.79 Å². The number of carbonyl (C=O) groups is 1. The molecular formula is C9H16N2O. The van der Waals surface area contributed by atoms with Gasteiger partial charge in [0.2, 0.25) is 0 Å². The first-order chi connectivity index (χ1) is 5.74. The zero-order valence-corrected chi connectivity index (χ0v) is 7.47. The molecule has 0 aromatic carbocycles. The number of nitrogens with one attached hydrogen (secondary N) is 1. The van der Waals surface area contributed by atoms with E-state index in [1.807, 2.05) is 0 Å². The van der Waals surface area contributed by atoms with Crippen molar-refractivity contribution in [2.45, 2.75) is 38.6 Å². The number of hydrogen-bond donors (Lipinski definition) is 2. The quantitative estimate of drug-likeness (QED) is 0.602. The highest BCUT2D eigenvalue weighted by atomic mass is 16.2. The van der Waals surface area contributed by atoms with Gasteiger partial charge >= 0.3 is 0 Å². The van der Waals surface area contributed by atoms with Gasteiger partial charge in [0.1, 0.15) is 0 Å². The van der Waals surface area contributed by atoms with Gasteiger partial charge in [0.15, 0.2) is 0 Å². The molecule has 3 heteroatoms. The normalized spacial score (nSPS) is 19.6. The van der Waals surface area contributed by atoms with Gasteiger partial charge in [-0.15, -0.1) is 0 Å². The standard InChI is InChI=1S/C9H16N2O/c1-2-8(10)9(12)11-7-5-3-4-6-7/h2,7H,3-6,10H2,1H3,(H,11,12). The van der Waals surface area contributed by atoms with Crippen LogP contribution in [0.4, 0.5) is 0 Å². The van der Waals surface area contributed by atoms with Gasteiger partial charge in [-0.1, -0.05) is 18.9 Å². The minimum Gasteiger partial charge on any atom is -0.395 e. The molecule has 0 heterocycles. The van der Waals surface area contributed by atoms with Crippen molar-refractivity contribution < 1.29 is 4.79 Å². The number of amides is 1. The second kappa shape index (κ2) is 4.14. The van der Waals surface area contributed by atoms with Gasteiger partial charge in [-0.05, 0) is 19.8 Å². The maximum atomic E-state index is 11.2. The molecule has 0 radical (unpaired) electrons. The van der Waals surface area contributed by atoms with Crippen molar-refractivity contribution in [2.24, 2.45) is 5.73 Å². The Balaban J connectivity index is 2.35. The summed E-state index contributed by atoms with van der Waals surface area (Å²) < 4.78 is 0. The number of carbonyl (C=O) groups excluding carboxylic acids is 1. The predicted octanol–water partition coefficient (Wildman–Crippen LogP) is 0.908. The Labute approximate surface area is 73.0 Å². The smallest absolute Gasteiger partial charge is 0.267 e. The van der Waals surface area contributed by atoms with Crippen molar-refractivity contribution in [1.82, 2.24) is 5.32 Å². The molecule has 0 aromatic heterocycles. The molecule has 1 amide bonds. The Morgan fingerprint density at radius 1 is 1.50 bits per heavy atom. The highest BCUT2D eigenvalue weighted by Gasteiger charge is 2.17. The van der Waals surface area contributed by atoms with Crippen LogP contribution < -0.4 is 11.1 Å². The van der Waals surface area contributed by atoms with Gasteiger partial charge in [-0.3, -0.25) is 4.79 Å². The molecule has 1 aliphatic carbocycles. The first-order valence-electron chi connectivity index (χ1n) is 4.46. The molecule has 1 aliphatic rings. The third kappa shape index (κ3) is 2.26. The molecule has 12 heavy (non-hydrogen) atoms. The number of nitrogens with two attached hydrogens (primary N) is 1. The molecule has 3 N–H and O–H groups in total. The predicted molar refractivity (Wildman–Crippen MR) is 48.3 cm³/mol. The first-order valence-corrected chi connectivity index (χ1v) is 4.46. The van der Waals surface area contributed by atoms with Crippen molar-refractivity contribution in [3.05, 3.63) is 11.8 Å². The third-order valence-electron chi connectivity index (χ3n) is 2.26. The van der Waals surface area contributed by atoms with Crippen LogP contribution in [-0.2, 0) is 4.79 Å². The van der Waals surface area contributed by atoms with Crippen LogP contribution in [0.1, 0.15) is 32.6 Å². The summed E-state index contributed by atoms with van der Waals surface area (Å²) in [6.07, 6.45) is 6.27. The van der Waals surface area contributed by atoms with Crippen molar-refractivity contribution in [1.29, 1.82) is 0 Å². The molecule has 0 unspecified atom stereocenters. The molecule has 1 rings (SSSR count). The lowest BCUT2D eigenvalue weighted by molar-refractivity contribution is -0.118. The highest BCUT2D eigenvalue weighted by Crippen LogP contribution is 2.17. The van der Waals surface area contributed by atoms with Crippen molar-refractivity contribution in [2.75, 3.05) is 0 Å². The fraction of sp³-hybridized carbons (Fsp3) is 0.667. The Hall–Kier alpha value is -0.990. The van der Waals surface area contributed by atoms with Crippen LogP contribution in [0, 0.1) is 0 Å². The zero-order chi connectivity index (χ0) is 8.97. The highest BCUT2D eigenvalue weighted by molar-refractivity contribution is 5.92. The van der Waals surface area contributed by atoms with Crippen molar-refractivity contribution in [3.8, 4) is 0 Å². The Kier molecular flexibility index (Phi) is 3.14. The average molecular weight is 168 g/mol. The van der Waals surface area contributed by atoms with Crippen LogP contribution in [0.25, 0.3) is 0 Å². The van der Waals surface area contributed by atoms with E-state index in [-0.39, 0.29) is 5.91 Å². The zero-order valence-electron chi connectivity index (χ0n) is 7.47. The Bertz CT molecular complexity index is 193. The monoisotopic (exact) mass is 168 g/mol. The van der Waals surface area contributed by atoms with Gasteiger partial charge in [0.05, 0.1) is 5.70 Å². The maximum Gasteiger partial charge on any atom is 0.267 e. The lowest BCUT2D eigenvalue weighted by Gasteiger charge is -2.11. The fourth-order valence-corrected chi connectivity index (χ4v) is 1.47. The summed E-state index contributed by atoms with van der Waals surface area (Å²) in [5, 5.41) is 2.90. The van der Waals surface area contributed by atoms with Crippen LogP contribution in [0.15, 0.2) is 11.8 Å². The lowest BCUT2D eigenvalue weighted by atomic mass is 10.2. The summed E-state index contributed by atoms with van der Waals surface area (Å²) in [6, 6.07) is 0.357. The largest absolute Gasteiger partial charge is 0.395 e. The molecule has 0 bridgehead atoms. The van der Waals surface area contributed by atoms with E-state index in [4.69, 9.17) is 5.73 Å². The van der Waals surface area contributed by atoms with E-state index >= 15 is 0 Å². The van der Waals surface area contributed by atoms with Gasteiger partial charge in [-0.25, -0.2) is 0 Å². The summed E-state index contributed by atoms with van der Waals surface area (Å²) in [5.74, 6) is -0.121. The van der Waals surface area contributed by atoms with Gasteiger partial charge in [-0.2, -0.15) is 0 Å². The Morgan fingerprint density at radius 2 is 2.08 bits per heavy atom. The van der Waals surface area contributed by atoms with Gasteiger partial charge in [0, 0.05) is 6.04 Å². The summed E-state index contributed by atoms with van der Waals surface area (Å²) in [6.45, 7) is 1.77. The topological polar surface area (TPSA) is 55.1 Å². The van der Waals surface area contributed by atoms with E-state index in [1.165, 1.54) is 12.8 Å². The molecule has 0 aliphatic heterocycles. The molecule has 3 nitrogen and oxygen atoms in total. The van der Waals surface area contributed by atoms with E-state index in [1.54, 1.807) is 13.0 Å². The molecule has 0 spiro atoms. The molecule has 1 fully saturated rings. The Morgan fingerprint density at radius 3 is 2.58 bits per heavy atom. The second-order valence-electron chi connectivity index (χ2n) is 3.20. The number of hydrogen-bond acceptors (Lipinski definition) is 2. The van der Waals surface area contributed by atoms with Crippen molar-refractivity contribution >= 4 is 5.91 Å². The summed E-state index contributed by atoms with van der Waals surface area (Å²) in [5.41, 5.74) is 5.76. The van der Waals surface area contributed by atoms with Crippen LogP contribution >= 0.6 is 0 Å². The van der Waals surface area contributed by atoms with E-state index < -0.39 is 0 Å². The van der Waals surface area contributed by atoms with E-state index in [2.05, 4.69) is 5.32 Å². The van der Waals surface area contributed by atoms with Gasteiger partial charge in [0.25, 0.3) is 5.91 Å². The molecule has 0 aromatic rings.